The lowest BCUT2D eigenvalue weighted by Crippen LogP contribution is -2.39. The number of aliphatic imine (C=N–C) groups is 1. The molecule has 0 aliphatic carbocycles. The Labute approximate surface area is 176 Å². The van der Waals surface area contributed by atoms with Gasteiger partial charge in [0.2, 0.25) is 5.91 Å². The molecule has 1 atom stereocenters. The summed E-state index contributed by atoms with van der Waals surface area (Å²) in [6, 6.07) is 7.67. The standard InChI is InChI=1S/C22H27N3O3S/c1-6-28-21(27)19-15(5)24-22-25(20(19)17-10-8-7-9-14(17)4)16(12-29-22)11-18(26)23-13(2)3/h7-10,12-13,20H,6,11H2,1-5H3,(H,23,26). The Balaban J connectivity index is 2.05. The molecule has 0 radical (unpaired) electrons. The van der Waals surface area contributed by atoms with E-state index in [9.17, 15) is 9.59 Å². The molecule has 0 bridgehead atoms. The second-order valence-corrected chi connectivity index (χ2v) is 8.21. The third kappa shape index (κ3) is 4.40. The topological polar surface area (TPSA) is 71.0 Å². The second-order valence-electron chi connectivity index (χ2n) is 7.37. The Hall–Kier alpha value is -2.54. The first kappa shape index (κ1) is 21.2. The number of carbonyl (C=O) groups is 2. The number of carbonyl (C=O) groups excluding carboxylic acids is 2. The van der Waals surface area contributed by atoms with E-state index in [0.29, 0.717) is 17.9 Å². The molecule has 1 aromatic carbocycles. The highest BCUT2D eigenvalue weighted by molar-refractivity contribution is 8.16. The second kappa shape index (κ2) is 8.86. The molecule has 2 aliphatic rings. The minimum atomic E-state index is -0.379. The number of nitrogens with one attached hydrogen (secondary N) is 1. The first-order chi connectivity index (χ1) is 13.8. The number of ether oxygens (including phenoxy) is 1. The van der Waals surface area contributed by atoms with E-state index < -0.39 is 0 Å². The largest absolute Gasteiger partial charge is 0.463 e. The summed E-state index contributed by atoms with van der Waals surface area (Å²) in [5.41, 5.74) is 4.06. The predicted molar refractivity (Wildman–Crippen MR) is 116 cm³/mol. The molecule has 7 heteroatoms. The summed E-state index contributed by atoms with van der Waals surface area (Å²) in [4.78, 5) is 32.0. The van der Waals surface area contributed by atoms with Crippen LogP contribution in [-0.4, -0.2) is 34.6 Å². The molecular weight excluding hydrogens is 386 g/mol. The third-order valence-corrected chi connectivity index (χ3v) is 5.66. The van der Waals surface area contributed by atoms with Crippen molar-refractivity contribution in [2.45, 2.75) is 53.1 Å². The van der Waals surface area contributed by atoms with E-state index in [4.69, 9.17) is 4.74 Å². The van der Waals surface area contributed by atoms with Crippen molar-refractivity contribution >= 4 is 28.8 Å². The van der Waals surface area contributed by atoms with E-state index in [-0.39, 0.29) is 30.4 Å². The number of benzene rings is 1. The van der Waals surface area contributed by atoms with Gasteiger partial charge in [-0.1, -0.05) is 36.0 Å². The van der Waals surface area contributed by atoms with Crippen LogP contribution in [0.3, 0.4) is 0 Å². The summed E-state index contributed by atoms with van der Waals surface area (Å²) in [6.45, 7) is 9.82. The molecule has 29 heavy (non-hydrogen) atoms. The van der Waals surface area contributed by atoms with Gasteiger partial charge in [-0.15, -0.1) is 0 Å². The fourth-order valence-corrected chi connectivity index (χ4v) is 4.53. The van der Waals surface area contributed by atoms with Crippen LogP contribution < -0.4 is 5.32 Å². The van der Waals surface area contributed by atoms with Gasteiger partial charge in [-0.2, -0.15) is 0 Å². The number of amidine groups is 1. The molecule has 6 nitrogen and oxygen atoms in total. The molecule has 0 fully saturated rings. The maximum absolute atomic E-state index is 12.9. The van der Waals surface area contributed by atoms with Crippen molar-refractivity contribution in [2.75, 3.05) is 6.61 Å². The molecule has 0 spiro atoms. The normalized spacial score (nSPS) is 18.4. The number of nitrogens with zero attached hydrogens (tertiary/aromatic N) is 2. The highest BCUT2D eigenvalue weighted by Gasteiger charge is 2.41. The number of aryl methyl sites for hydroxylation is 1. The van der Waals surface area contributed by atoms with Gasteiger partial charge in [0.1, 0.15) is 0 Å². The molecule has 1 aromatic rings. The summed E-state index contributed by atoms with van der Waals surface area (Å²) in [5, 5.41) is 5.66. The van der Waals surface area contributed by atoms with Gasteiger partial charge < -0.3 is 15.0 Å². The van der Waals surface area contributed by atoms with Crippen LogP contribution in [0.2, 0.25) is 0 Å². The molecule has 3 rings (SSSR count). The van der Waals surface area contributed by atoms with Gasteiger partial charge in [0.15, 0.2) is 5.17 Å². The van der Waals surface area contributed by atoms with E-state index in [2.05, 4.69) is 10.3 Å². The minimum Gasteiger partial charge on any atom is -0.463 e. The number of rotatable bonds is 6. The Morgan fingerprint density at radius 3 is 2.66 bits per heavy atom. The average Bonchev–Trinajstić information content (AvgIpc) is 3.02. The lowest BCUT2D eigenvalue weighted by atomic mass is 9.91. The zero-order valence-electron chi connectivity index (χ0n) is 17.5. The SMILES string of the molecule is CCOC(=O)C1=C(C)N=C2SC=C(CC(=O)NC(C)C)N2C1c1ccccc1C. The number of amides is 1. The third-order valence-electron chi connectivity index (χ3n) is 4.77. The molecular formula is C22H27N3O3S. The fraction of sp³-hybridized carbons (Fsp3) is 0.409. The van der Waals surface area contributed by atoms with Gasteiger partial charge in [-0.3, -0.25) is 4.79 Å². The maximum atomic E-state index is 12.9. The van der Waals surface area contributed by atoms with Crippen molar-refractivity contribution in [1.29, 1.82) is 0 Å². The van der Waals surface area contributed by atoms with Gasteiger partial charge in [0.25, 0.3) is 0 Å². The van der Waals surface area contributed by atoms with Crippen molar-refractivity contribution in [3.05, 3.63) is 57.8 Å². The van der Waals surface area contributed by atoms with E-state index in [1.54, 1.807) is 6.92 Å². The molecule has 1 unspecified atom stereocenters. The number of fused-ring (bicyclic) bond motifs is 1. The molecule has 0 aromatic heterocycles. The molecule has 2 heterocycles. The molecule has 1 N–H and O–H groups in total. The average molecular weight is 414 g/mol. The number of esters is 1. The molecule has 1 amide bonds. The van der Waals surface area contributed by atoms with Crippen molar-refractivity contribution < 1.29 is 14.3 Å². The van der Waals surface area contributed by atoms with Crippen LogP contribution in [0.25, 0.3) is 0 Å². The van der Waals surface area contributed by atoms with Gasteiger partial charge in [-0.25, -0.2) is 9.79 Å². The molecule has 0 saturated heterocycles. The monoisotopic (exact) mass is 413 g/mol. The fourth-order valence-electron chi connectivity index (χ4n) is 3.56. The summed E-state index contributed by atoms with van der Waals surface area (Å²) in [6.07, 6.45) is 0.224. The van der Waals surface area contributed by atoms with Crippen LogP contribution in [-0.2, 0) is 14.3 Å². The molecule has 154 valence electrons. The lowest BCUT2D eigenvalue weighted by molar-refractivity contribution is -0.139. The van der Waals surface area contributed by atoms with E-state index in [1.165, 1.54) is 11.8 Å². The van der Waals surface area contributed by atoms with Crippen LogP contribution in [0.4, 0.5) is 0 Å². The summed E-state index contributed by atoms with van der Waals surface area (Å²) >= 11 is 1.48. The minimum absolute atomic E-state index is 0.0550. The first-order valence-corrected chi connectivity index (χ1v) is 10.7. The van der Waals surface area contributed by atoms with Gasteiger partial charge in [0.05, 0.1) is 30.3 Å². The lowest BCUT2D eigenvalue weighted by Gasteiger charge is -2.37. The van der Waals surface area contributed by atoms with Crippen LogP contribution in [0, 0.1) is 6.92 Å². The Bertz CT molecular complexity index is 918. The molecule has 0 saturated carbocycles. The zero-order chi connectivity index (χ0) is 21.1. The van der Waals surface area contributed by atoms with Crippen molar-refractivity contribution in [3.63, 3.8) is 0 Å². The van der Waals surface area contributed by atoms with Gasteiger partial charge in [0, 0.05) is 11.7 Å². The number of hydrogen-bond donors (Lipinski definition) is 1. The van der Waals surface area contributed by atoms with Crippen LogP contribution in [0.5, 0.6) is 0 Å². The van der Waals surface area contributed by atoms with E-state index >= 15 is 0 Å². The summed E-state index contributed by atoms with van der Waals surface area (Å²) in [7, 11) is 0. The number of thioether (sulfide) groups is 1. The smallest absolute Gasteiger partial charge is 0.338 e. The first-order valence-electron chi connectivity index (χ1n) is 9.79. The number of allylic oxidation sites excluding steroid dienone is 1. The molecule has 2 aliphatic heterocycles. The maximum Gasteiger partial charge on any atom is 0.338 e. The van der Waals surface area contributed by atoms with Crippen molar-refractivity contribution in [2.24, 2.45) is 4.99 Å². The quantitative estimate of drug-likeness (QED) is 0.713. The Kier molecular flexibility index (Phi) is 6.47. The predicted octanol–water partition coefficient (Wildman–Crippen LogP) is 4.05. The summed E-state index contributed by atoms with van der Waals surface area (Å²) in [5.74, 6) is -0.426. The van der Waals surface area contributed by atoms with E-state index in [1.807, 2.05) is 62.3 Å². The van der Waals surface area contributed by atoms with Gasteiger partial charge >= 0.3 is 5.97 Å². The highest BCUT2D eigenvalue weighted by atomic mass is 32.2. The zero-order valence-corrected chi connectivity index (χ0v) is 18.3. The van der Waals surface area contributed by atoms with Crippen molar-refractivity contribution in [1.82, 2.24) is 10.2 Å². The summed E-state index contributed by atoms with van der Waals surface area (Å²) < 4.78 is 5.36. The van der Waals surface area contributed by atoms with Crippen LogP contribution >= 0.6 is 11.8 Å². The number of hydrogen-bond acceptors (Lipinski definition) is 6. The van der Waals surface area contributed by atoms with Crippen molar-refractivity contribution in [3.8, 4) is 0 Å². The Morgan fingerprint density at radius 2 is 2.00 bits per heavy atom. The van der Waals surface area contributed by atoms with Crippen LogP contribution in [0.15, 0.2) is 51.6 Å². The van der Waals surface area contributed by atoms with Gasteiger partial charge in [-0.05, 0) is 51.2 Å². The van der Waals surface area contributed by atoms with E-state index in [0.717, 1.165) is 22.0 Å². The van der Waals surface area contributed by atoms with Crippen LogP contribution in [0.1, 0.15) is 51.3 Å². The Morgan fingerprint density at radius 1 is 1.28 bits per heavy atom. The highest BCUT2D eigenvalue weighted by Crippen LogP contribution is 2.45.